The Bertz CT molecular complexity index is 763. The Morgan fingerprint density at radius 1 is 1.24 bits per heavy atom. The summed E-state index contributed by atoms with van der Waals surface area (Å²) < 4.78 is 12.4. The van der Waals surface area contributed by atoms with Gasteiger partial charge < -0.3 is 19.7 Å². The van der Waals surface area contributed by atoms with E-state index in [0.29, 0.717) is 19.4 Å². The average Bonchev–Trinajstić information content (AvgIpc) is 3.44. The topological polar surface area (TPSA) is 62.2 Å². The normalized spacial score (nSPS) is 34.8. The molecule has 5 heteroatoms. The minimum atomic E-state index is -0.852. The fraction of sp³-hybridized carbons (Fsp3) is 0.750. The van der Waals surface area contributed by atoms with Gasteiger partial charge in [0.25, 0.3) is 0 Å². The summed E-state index contributed by atoms with van der Waals surface area (Å²) in [5.74, 6) is 2.16. The van der Waals surface area contributed by atoms with Gasteiger partial charge in [0.1, 0.15) is 6.10 Å². The molecule has 1 aromatic carbocycles. The molecule has 0 amide bonds. The molecule has 1 aromatic rings. The van der Waals surface area contributed by atoms with Crippen LogP contribution in [-0.4, -0.2) is 58.7 Å². The number of rotatable bonds is 8. The van der Waals surface area contributed by atoms with E-state index >= 15 is 0 Å². The van der Waals surface area contributed by atoms with E-state index in [1.807, 2.05) is 6.07 Å². The summed E-state index contributed by atoms with van der Waals surface area (Å²) in [6.07, 6.45) is 5.86. The van der Waals surface area contributed by atoms with Gasteiger partial charge in [-0.05, 0) is 62.6 Å². The van der Waals surface area contributed by atoms with Crippen molar-refractivity contribution in [1.29, 1.82) is 0 Å². The van der Waals surface area contributed by atoms with E-state index in [9.17, 15) is 10.2 Å². The van der Waals surface area contributed by atoms with Gasteiger partial charge in [0.05, 0.1) is 24.2 Å². The summed E-state index contributed by atoms with van der Waals surface area (Å²) in [5, 5.41) is 22.8. The van der Waals surface area contributed by atoms with E-state index in [2.05, 4.69) is 24.8 Å². The molecule has 1 heterocycles. The molecule has 3 aliphatic carbocycles. The summed E-state index contributed by atoms with van der Waals surface area (Å²) in [7, 11) is 0. The van der Waals surface area contributed by atoms with E-state index in [0.717, 1.165) is 55.3 Å². The first-order valence-electron chi connectivity index (χ1n) is 11.7. The lowest BCUT2D eigenvalue weighted by molar-refractivity contribution is -0.140. The number of likely N-dealkylation sites (N-methyl/N-ethyl adjacent to an activating group) is 1. The molecule has 2 fully saturated rings. The molecule has 0 saturated heterocycles. The van der Waals surface area contributed by atoms with Gasteiger partial charge >= 0.3 is 0 Å². The van der Waals surface area contributed by atoms with Gasteiger partial charge in [-0.15, -0.1) is 0 Å². The molecule has 4 aliphatic rings. The molecule has 0 spiro atoms. The summed E-state index contributed by atoms with van der Waals surface area (Å²) in [4.78, 5) is 2.50. The second kappa shape index (κ2) is 7.44. The molecule has 160 valence electrons. The standard InChI is InChI=1S/C24H35NO4/c1-3-5-12-28-18-9-8-16-13-19(25(4-2)14-15-6-7-15)24(27)11-10-17(26)22-21(24)20(16)23(18)29-22/h8-9,15,17,19,21-22,26-27H,3-7,10-14H2,1-2H3/t17-,19-,21?,22+,24-/m1/s1. The first-order valence-corrected chi connectivity index (χ1v) is 11.7. The summed E-state index contributed by atoms with van der Waals surface area (Å²) in [5.41, 5.74) is 1.51. The molecular weight excluding hydrogens is 366 g/mol. The van der Waals surface area contributed by atoms with Gasteiger partial charge in [0.15, 0.2) is 11.5 Å². The first kappa shape index (κ1) is 19.7. The molecule has 29 heavy (non-hydrogen) atoms. The third-order valence-corrected chi connectivity index (χ3v) is 7.68. The van der Waals surface area contributed by atoms with Gasteiger partial charge in [-0.1, -0.05) is 26.3 Å². The van der Waals surface area contributed by atoms with E-state index in [-0.39, 0.29) is 18.1 Å². The SMILES string of the molecule is CCCCOc1ccc2c3c1O[C@@H]1C3[C@@](O)(CC[C@H]1O)[C@H](N(CC)CC1CC1)C2. The Balaban J connectivity index is 1.53. The van der Waals surface area contributed by atoms with Crippen molar-refractivity contribution in [3.05, 3.63) is 23.3 Å². The minimum Gasteiger partial charge on any atom is -0.490 e. The van der Waals surface area contributed by atoms with Crippen LogP contribution in [0, 0.1) is 5.92 Å². The highest BCUT2D eigenvalue weighted by atomic mass is 16.5. The van der Waals surface area contributed by atoms with E-state index in [1.54, 1.807) is 0 Å². The van der Waals surface area contributed by atoms with Crippen LogP contribution in [-0.2, 0) is 6.42 Å². The molecule has 2 saturated carbocycles. The summed E-state index contributed by atoms with van der Waals surface area (Å²) in [6.45, 7) is 7.05. The Kier molecular flexibility index (Phi) is 5.04. The third kappa shape index (κ3) is 3.17. The largest absolute Gasteiger partial charge is 0.490 e. The molecule has 0 aromatic heterocycles. The Hall–Kier alpha value is -1.30. The van der Waals surface area contributed by atoms with Crippen molar-refractivity contribution < 1.29 is 19.7 Å². The highest BCUT2D eigenvalue weighted by molar-refractivity contribution is 5.59. The predicted molar refractivity (Wildman–Crippen MR) is 112 cm³/mol. The Morgan fingerprint density at radius 2 is 2.07 bits per heavy atom. The minimum absolute atomic E-state index is 0.0852. The predicted octanol–water partition coefficient (Wildman–Crippen LogP) is 3.25. The number of ether oxygens (including phenoxy) is 2. The smallest absolute Gasteiger partial charge is 0.165 e. The molecule has 2 N–H and O–H groups in total. The van der Waals surface area contributed by atoms with E-state index < -0.39 is 11.7 Å². The lowest BCUT2D eigenvalue weighted by Gasteiger charge is -2.53. The Labute approximate surface area is 174 Å². The highest BCUT2D eigenvalue weighted by Gasteiger charge is 2.61. The first-order chi connectivity index (χ1) is 14.1. The van der Waals surface area contributed by atoms with E-state index in [4.69, 9.17) is 9.47 Å². The number of unbranched alkanes of at least 4 members (excludes halogenated alkanes) is 1. The molecule has 1 aliphatic heterocycles. The van der Waals surface area contributed by atoms with Crippen LogP contribution >= 0.6 is 0 Å². The van der Waals surface area contributed by atoms with Crippen molar-refractivity contribution >= 4 is 0 Å². The van der Waals surface area contributed by atoms with Crippen LogP contribution in [0.15, 0.2) is 12.1 Å². The molecule has 5 nitrogen and oxygen atoms in total. The van der Waals surface area contributed by atoms with Gasteiger partial charge in [-0.25, -0.2) is 0 Å². The van der Waals surface area contributed by atoms with Crippen LogP contribution in [0.5, 0.6) is 11.5 Å². The highest BCUT2D eigenvalue weighted by Crippen LogP contribution is 2.59. The third-order valence-electron chi connectivity index (χ3n) is 7.68. The van der Waals surface area contributed by atoms with Crippen molar-refractivity contribution in [3.63, 3.8) is 0 Å². The van der Waals surface area contributed by atoms with Crippen molar-refractivity contribution in [2.24, 2.45) is 5.92 Å². The summed E-state index contributed by atoms with van der Waals surface area (Å²) >= 11 is 0. The number of benzene rings is 1. The van der Waals surface area contributed by atoms with Gasteiger partial charge in [0.2, 0.25) is 0 Å². The monoisotopic (exact) mass is 401 g/mol. The van der Waals surface area contributed by atoms with Crippen LogP contribution in [0.3, 0.4) is 0 Å². The van der Waals surface area contributed by atoms with Crippen LogP contribution in [0.4, 0.5) is 0 Å². The lowest BCUT2D eigenvalue weighted by atomic mass is 9.61. The number of hydrogen-bond donors (Lipinski definition) is 2. The summed E-state index contributed by atoms with van der Waals surface area (Å²) in [6, 6.07) is 4.29. The molecule has 5 atom stereocenters. The average molecular weight is 402 g/mol. The van der Waals surface area contributed by atoms with Crippen LogP contribution in [0.1, 0.15) is 69.4 Å². The molecule has 5 rings (SSSR count). The maximum Gasteiger partial charge on any atom is 0.165 e. The fourth-order valence-corrected chi connectivity index (χ4v) is 5.92. The van der Waals surface area contributed by atoms with Crippen LogP contribution < -0.4 is 9.47 Å². The number of hydrogen-bond acceptors (Lipinski definition) is 5. The molecule has 0 radical (unpaired) electrons. The molecular formula is C24H35NO4. The van der Waals surface area contributed by atoms with Crippen molar-refractivity contribution in [3.8, 4) is 11.5 Å². The van der Waals surface area contributed by atoms with Gasteiger partial charge in [-0.3, -0.25) is 4.90 Å². The zero-order chi connectivity index (χ0) is 20.2. The maximum absolute atomic E-state index is 12.1. The Morgan fingerprint density at radius 3 is 2.79 bits per heavy atom. The molecule has 1 unspecified atom stereocenters. The van der Waals surface area contributed by atoms with Gasteiger partial charge in [0, 0.05) is 18.2 Å². The zero-order valence-corrected chi connectivity index (χ0v) is 17.8. The lowest BCUT2D eigenvalue weighted by Crippen LogP contribution is -2.64. The molecule has 0 bridgehead atoms. The number of nitrogens with zero attached hydrogens (tertiary/aromatic N) is 1. The van der Waals surface area contributed by atoms with Crippen molar-refractivity contribution in [2.75, 3.05) is 19.7 Å². The number of aliphatic hydroxyl groups excluding tert-OH is 1. The number of aliphatic hydroxyl groups is 2. The van der Waals surface area contributed by atoms with Crippen molar-refractivity contribution in [2.45, 2.75) is 88.6 Å². The van der Waals surface area contributed by atoms with Crippen LogP contribution in [0.25, 0.3) is 0 Å². The van der Waals surface area contributed by atoms with Gasteiger partial charge in [-0.2, -0.15) is 0 Å². The second-order valence-corrected chi connectivity index (χ2v) is 9.58. The quantitative estimate of drug-likeness (QED) is 0.655. The maximum atomic E-state index is 12.1. The fourth-order valence-electron chi connectivity index (χ4n) is 5.92. The van der Waals surface area contributed by atoms with E-state index in [1.165, 1.54) is 18.4 Å². The second-order valence-electron chi connectivity index (χ2n) is 9.58. The van der Waals surface area contributed by atoms with Crippen molar-refractivity contribution in [1.82, 2.24) is 4.90 Å². The zero-order valence-electron chi connectivity index (χ0n) is 17.8. The van der Waals surface area contributed by atoms with Crippen LogP contribution in [0.2, 0.25) is 0 Å².